The van der Waals surface area contributed by atoms with E-state index in [4.69, 9.17) is 0 Å². The lowest BCUT2D eigenvalue weighted by atomic mass is 10.0. The Morgan fingerprint density at radius 1 is 1.05 bits per heavy atom. The molecule has 3 nitrogen and oxygen atoms in total. The normalized spacial score (nSPS) is 11.7. The van der Waals surface area contributed by atoms with Crippen molar-refractivity contribution in [1.82, 2.24) is 5.32 Å². The zero-order valence-corrected chi connectivity index (χ0v) is 12.6. The number of rotatable bonds is 6. The molecule has 2 aromatic carbocycles. The average molecular weight is 282 g/mol. The van der Waals surface area contributed by atoms with E-state index >= 15 is 0 Å². The summed E-state index contributed by atoms with van der Waals surface area (Å²) in [6, 6.07) is 18.3. The molecule has 0 aromatic heterocycles. The van der Waals surface area contributed by atoms with E-state index < -0.39 is 0 Å². The van der Waals surface area contributed by atoms with E-state index in [9.17, 15) is 4.79 Å². The summed E-state index contributed by atoms with van der Waals surface area (Å²) in [4.78, 5) is 11.5. The second-order valence-corrected chi connectivity index (χ2v) is 5.05. The highest BCUT2D eigenvalue weighted by atomic mass is 16.1. The molecule has 0 aliphatic carbocycles. The van der Waals surface area contributed by atoms with Gasteiger partial charge in [-0.2, -0.15) is 0 Å². The van der Waals surface area contributed by atoms with Crippen molar-refractivity contribution < 1.29 is 4.79 Å². The van der Waals surface area contributed by atoms with Crippen LogP contribution >= 0.6 is 0 Å². The van der Waals surface area contributed by atoms with Gasteiger partial charge in [-0.25, -0.2) is 0 Å². The molecule has 110 valence electrons. The summed E-state index contributed by atoms with van der Waals surface area (Å²) < 4.78 is 0. The summed E-state index contributed by atoms with van der Waals surface area (Å²) in [6.07, 6.45) is 2.18. The molecule has 21 heavy (non-hydrogen) atoms. The van der Waals surface area contributed by atoms with Crippen LogP contribution in [-0.2, 0) is 0 Å². The van der Waals surface area contributed by atoms with Crippen LogP contribution in [0, 0.1) is 0 Å². The molecule has 0 fully saturated rings. The second kappa shape index (κ2) is 7.48. The summed E-state index contributed by atoms with van der Waals surface area (Å²) in [7, 11) is 1.64. The highest BCUT2D eigenvalue weighted by molar-refractivity contribution is 5.94. The van der Waals surface area contributed by atoms with E-state index in [1.807, 2.05) is 30.3 Å². The summed E-state index contributed by atoms with van der Waals surface area (Å²) in [5, 5.41) is 6.18. The fourth-order valence-electron chi connectivity index (χ4n) is 2.36. The van der Waals surface area contributed by atoms with E-state index in [2.05, 4.69) is 41.8 Å². The topological polar surface area (TPSA) is 41.1 Å². The number of anilines is 1. The molecular formula is C18H22N2O. The van der Waals surface area contributed by atoms with Crippen LogP contribution in [0.5, 0.6) is 0 Å². The van der Waals surface area contributed by atoms with Crippen molar-refractivity contribution in [3.63, 3.8) is 0 Å². The van der Waals surface area contributed by atoms with Crippen LogP contribution < -0.4 is 10.6 Å². The molecule has 0 aliphatic rings. The average Bonchev–Trinajstić information content (AvgIpc) is 2.55. The molecule has 0 bridgehead atoms. The minimum atomic E-state index is -0.0604. The molecule has 1 unspecified atom stereocenters. The molecule has 0 spiro atoms. The molecule has 2 rings (SSSR count). The maximum Gasteiger partial charge on any atom is 0.251 e. The van der Waals surface area contributed by atoms with E-state index in [0.717, 1.165) is 18.5 Å². The number of hydrogen-bond acceptors (Lipinski definition) is 2. The van der Waals surface area contributed by atoms with Gasteiger partial charge in [-0.1, -0.05) is 43.7 Å². The van der Waals surface area contributed by atoms with Crippen LogP contribution in [-0.4, -0.2) is 13.0 Å². The number of carbonyl (C=O) groups excluding carboxylic acids is 1. The first kappa shape index (κ1) is 15.1. The predicted octanol–water partition coefficient (Wildman–Crippen LogP) is 4.00. The van der Waals surface area contributed by atoms with Crippen molar-refractivity contribution in [3.05, 3.63) is 65.7 Å². The maximum absolute atomic E-state index is 11.5. The van der Waals surface area contributed by atoms with E-state index in [0.29, 0.717) is 11.6 Å². The minimum absolute atomic E-state index is 0.0604. The Bertz CT molecular complexity index is 564. The first-order chi connectivity index (χ1) is 10.2. The molecule has 0 heterocycles. The van der Waals surface area contributed by atoms with Gasteiger partial charge < -0.3 is 10.6 Å². The van der Waals surface area contributed by atoms with Gasteiger partial charge in [0.1, 0.15) is 0 Å². The van der Waals surface area contributed by atoms with Crippen molar-refractivity contribution in [1.29, 1.82) is 0 Å². The zero-order chi connectivity index (χ0) is 15.1. The molecule has 0 radical (unpaired) electrons. The smallest absolute Gasteiger partial charge is 0.251 e. The summed E-state index contributed by atoms with van der Waals surface area (Å²) in [5.74, 6) is -0.0604. The Kier molecular flexibility index (Phi) is 5.38. The third-order valence-electron chi connectivity index (χ3n) is 3.49. The number of hydrogen-bond donors (Lipinski definition) is 2. The zero-order valence-electron chi connectivity index (χ0n) is 12.6. The van der Waals surface area contributed by atoms with Crippen molar-refractivity contribution in [2.24, 2.45) is 0 Å². The van der Waals surface area contributed by atoms with Crippen LogP contribution in [0.15, 0.2) is 54.6 Å². The third-order valence-corrected chi connectivity index (χ3v) is 3.49. The number of benzene rings is 2. The third kappa shape index (κ3) is 4.09. The lowest BCUT2D eigenvalue weighted by molar-refractivity contribution is 0.0963. The van der Waals surface area contributed by atoms with Crippen LogP contribution in [0.4, 0.5) is 5.69 Å². The van der Waals surface area contributed by atoms with Gasteiger partial charge in [-0.3, -0.25) is 4.79 Å². The summed E-state index contributed by atoms with van der Waals surface area (Å²) in [5.41, 5.74) is 2.99. The fraction of sp³-hybridized carbons (Fsp3) is 0.278. The standard InChI is InChI=1S/C18H22N2O/c1-3-7-17(14-8-5-4-6-9-14)20-16-12-10-15(11-13-16)18(21)19-2/h4-6,8-13,17,20H,3,7H2,1-2H3,(H,19,21). The lowest BCUT2D eigenvalue weighted by Crippen LogP contribution is -2.17. The Hall–Kier alpha value is -2.29. The van der Waals surface area contributed by atoms with Crippen LogP contribution in [0.1, 0.15) is 41.7 Å². The molecule has 1 atom stereocenters. The SMILES string of the molecule is CCCC(Nc1ccc(C(=O)NC)cc1)c1ccccc1. The molecule has 2 aromatic rings. The molecule has 1 amide bonds. The summed E-state index contributed by atoms with van der Waals surface area (Å²) in [6.45, 7) is 2.19. The lowest BCUT2D eigenvalue weighted by Gasteiger charge is -2.20. The van der Waals surface area contributed by atoms with Crippen molar-refractivity contribution >= 4 is 11.6 Å². The quantitative estimate of drug-likeness (QED) is 0.841. The van der Waals surface area contributed by atoms with E-state index in [1.165, 1.54) is 5.56 Å². The van der Waals surface area contributed by atoms with Crippen molar-refractivity contribution in [3.8, 4) is 0 Å². The number of amides is 1. The minimum Gasteiger partial charge on any atom is -0.378 e. The molecular weight excluding hydrogens is 260 g/mol. The molecule has 0 saturated carbocycles. The van der Waals surface area contributed by atoms with E-state index in [-0.39, 0.29) is 5.91 Å². The van der Waals surface area contributed by atoms with Gasteiger partial charge >= 0.3 is 0 Å². The Labute approximate surface area is 126 Å². The largest absolute Gasteiger partial charge is 0.378 e. The first-order valence-electron chi connectivity index (χ1n) is 7.38. The number of nitrogens with one attached hydrogen (secondary N) is 2. The van der Waals surface area contributed by atoms with Crippen LogP contribution in [0.3, 0.4) is 0 Å². The fourth-order valence-corrected chi connectivity index (χ4v) is 2.36. The highest BCUT2D eigenvalue weighted by Gasteiger charge is 2.10. The Morgan fingerprint density at radius 2 is 1.71 bits per heavy atom. The first-order valence-corrected chi connectivity index (χ1v) is 7.38. The van der Waals surface area contributed by atoms with Gasteiger partial charge in [0.05, 0.1) is 6.04 Å². The van der Waals surface area contributed by atoms with Crippen molar-refractivity contribution in [2.45, 2.75) is 25.8 Å². The molecule has 0 aliphatic heterocycles. The predicted molar refractivity (Wildman–Crippen MR) is 87.5 cm³/mol. The van der Waals surface area contributed by atoms with Gasteiger partial charge in [0.2, 0.25) is 0 Å². The van der Waals surface area contributed by atoms with Gasteiger partial charge in [-0.05, 0) is 36.2 Å². The van der Waals surface area contributed by atoms with Crippen molar-refractivity contribution in [2.75, 3.05) is 12.4 Å². The maximum atomic E-state index is 11.5. The monoisotopic (exact) mass is 282 g/mol. The second-order valence-electron chi connectivity index (χ2n) is 5.05. The van der Waals surface area contributed by atoms with Gasteiger partial charge in [0, 0.05) is 18.3 Å². The highest BCUT2D eigenvalue weighted by Crippen LogP contribution is 2.24. The van der Waals surface area contributed by atoms with Gasteiger partial charge in [0.25, 0.3) is 5.91 Å². The van der Waals surface area contributed by atoms with Crippen LogP contribution in [0.2, 0.25) is 0 Å². The molecule has 0 saturated heterocycles. The van der Waals surface area contributed by atoms with Gasteiger partial charge in [0.15, 0.2) is 0 Å². The molecule has 2 N–H and O–H groups in total. The van der Waals surface area contributed by atoms with E-state index in [1.54, 1.807) is 7.05 Å². The Balaban J connectivity index is 2.12. The number of carbonyl (C=O) groups is 1. The van der Waals surface area contributed by atoms with Gasteiger partial charge in [-0.15, -0.1) is 0 Å². The Morgan fingerprint density at radius 3 is 2.29 bits per heavy atom. The molecule has 3 heteroatoms. The summed E-state index contributed by atoms with van der Waals surface area (Å²) >= 11 is 0. The van der Waals surface area contributed by atoms with Crippen LogP contribution in [0.25, 0.3) is 0 Å².